The van der Waals surface area contributed by atoms with Crippen molar-refractivity contribution in [2.24, 2.45) is 11.8 Å². The van der Waals surface area contributed by atoms with Gasteiger partial charge in [0.05, 0.1) is 11.7 Å². The van der Waals surface area contributed by atoms with E-state index in [1.807, 2.05) is 0 Å². The van der Waals surface area contributed by atoms with Gasteiger partial charge in [-0.1, -0.05) is 46.5 Å². The molecule has 1 rings (SSSR count). The third-order valence-electron chi connectivity index (χ3n) is 4.28. The standard InChI is InChI=1S/C15H30O2/c1-12(2)11-13(3)14(16)15(17-4)9-7-5-6-8-10-15/h12-14,16H,5-11H2,1-4H3. The minimum atomic E-state index is -0.312. The van der Waals surface area contributed by atoms with E-state index in [1.165, 1.54) is 25.7 Å². The van der Waals surface area contributed by atoms with Crippen molar-refractivity contribution in [1.82, 2.24) is 0 Å². The molecule has 0 saturated heterocycles. The van der Waals surface area contributed by atoms with Gasteiger partial charge in [-0.15, -0.1) is 0 Å². The van der Waals surface area contributed by atoms with Crippen LogP contribution in [0.4, 0.5) is 0 Å². The van der Waals surface area contributed by atoms with Crippen molar-refractivity contribution in [3.05, 3.63) is 0 Å². The molecule has 0 radical (unpaired) electrons. The molecule has 1 fully saturated rings. The molecular weight excluding hydrogens is 212 g/mol. The van der Waals surface area contributed by atoms with Gasteiger partial charge in [0.2, 0.25) is 0 Å². The Morgan fingerprint density at radius 1 is 1.06 bits per heavy atom. The summed E-state index contributed by atoms with van der Waals surface area (Å²) in [4.78, 5) is 0. The normalized spacial score (nSPS) is 24.4. The molecule has 102 valence electrons. The maximum atomic E-state index is 10.6. The first-order valence-corrected chi connectivity index (χ1v) is 7.25. The van der Waals surface area contributed by atoms with Crippen molar-refractivity contribution >= 4 is 0 Å². The highest BCUT2D eigenvalue weighted by Crippen LogP contribution is 2.37. The van der Waals surface area contributed by atoms with Gasteiger partial charge in [-0.2, -0.15) is 0 Å². The van der Waals surface area contributed by atoms with E-state index in [-0.39, 0.29) is 11.7 Å². The average molecular weight is 242 g/mol. The number of aliphatic hydroxyl groups is 1. The smallest absolute Gasteiger partial charge is 0.0939 e. The molecule has 0 aromatic heterocycles. The maximum Gasteiger partial charge on any atom is 0.0939 e. The third kappa shape index (κ3) is 3.96. The number of methoxy groups -OCH3 is 1. The fourth-order valence-corrected chi connectivity index (χ4v) is 3.34. The largest absolute Gasteiger partial charge is 0.390 e. The maximum absolute atomic E-state index is 10.6. The summed E-state index contributed by atoms with van der Waals surface area (Å²) in [7, 11) is 1.77. The van der Waals surface area contributed by atoms with Gasteiger partial charge in [0.15, 0.2) is 0 Å². The Balaban J connectivity index is 2.69. The third-order valence-corrected chi connectivity index (χ3v) is 4.28. The molecule has 1 saturated carbocycles. The van der Waals surface area contributed by atoms with Crippen LogP contribution in [0.1, 0.15) is 65.7 Å². The summed E-state index contributed by atoms with van der Waals surface area (Å²) in [5.41, 5.74) is -0.273. The zero-order valence-electron chi connectivity index (χ0n) is 12.0. The molecule has 0 heterocycles. The lowest BCUT2D eigenvalue weighted by molar-refractivity contribution is -0.132. The lowest BCUT2D eigenvalue weighted by atomic mass is 9.79. The molecule has 17 heavy (non-hydrogen) atoms. The van der Waals surface area contributed by atoms with E-state index >= 15 is 0 Å². The van der Waals surface area contributed by atoms with Gasteiger partial charge in [-0.05, 0) is 31.1 Å². The quantitative estimate of drug-likeness (QED) is 0.744. The van der Waals surface area contributed by atoms with E-state index in [2.05, 4.69) is 20.8 Å². The van der Waals surface area contributed by atoms with Crippen LogP contribution in [0, 0.1) is 11.8 Å². The van der Waals surface area contributed by atoms with Gasteiger partial charge in [-0.3, -0.25) is 0 Å². The Hall–Kier alpha value is -0.0800. The van der Waals surface area contributed by atoms with Crippen LogP contribution in [0.15, 0.2) is 0 Å². The molecule has 0 bridgehead atoms. The molecule has 2 nitrogen and oxygen atoms in total. The number of hydrogen-bond acceptors (Lipinski definition) is 2. The monoisotopic (exact) mass is 242 g/mol. The molecule has 2 atom stereocenters. The van der Waals surface area contributed by atoms with Crippen LogP contribution in [0.2, 0.25) is 0 Å². The second-order valence-electron chi connectivity index (χ2n) is 6.23. The van der Waals surface area contributed by atoms with Crippen molar-refractivity contribution in [2.75, 3.05) is 7.11 Å². The van der Waals surface area contributed by atoms with Crippen molar-refractivity contribution in [2.45, 2.75) is 77.4 Å². The molecule has 1 N–H and O–H groups in total. The molecule has 0 aromatic rings. The lowest BCUT2D eigenvalue weighted by Gasteiger charge is -2.39. The van der Waals surface area contributed by atoms with E-state index in [4.69, 9.17) is 4.74 Å². The number of ether oxygens (including phenoxy) is 1. The Labute approximate surface area is 107 Å². The fraction of sp³-hybridized carbons (Fsp3) is 1.00. The highest BCUT2D eigenvalue weighted by molar-refractivity contribution is 4.92. The summed E-state index contributed by atoms with van der Waals surface area (Å²) in [6.45, 7) is 6.60. The number of rotatable bonds is 5. The molecular formula is C15H30O2. The van der Waals surface area contributed by atoms with Crippen molar-refractivity contribution in [1.29, 1.82) is 0 Å². The van der Waals surface area contributed by atoms with Crippen LogP contribution in [0.5, 0.6) is 0 Å². The molecule has 0 amide bonds. The molecule has 2 heteroatoms. The predicted octanol–water partition coefficient (Wildman–Crippen LogP) is 3.77. The van der Waals surface area contributed by atoms with Gasteiger partial charge >= 0.3 is 0 Å². The molecule has 0 spiro atoms. The fourth-order valence-electron chi connectivity index (χ4n) is 3.34. The Kier molecular flexibility index (Phi) is 5.94. The Morgan fingerprint density at radius 2 is 1.59 bits per heavy atom. The molecule has 1 aliphatic rings. The van der Waals surface area contributed by atoms with Crippen LogP contribution < -0.4 is 0 Å². The summed E-state index contributed by atoms with van der Waals surface area (Å²) < 4.78 is 5.77. The van der Waals surface area contributed by atoms with Gasteiger partial charge in [0.1, 0.15) is 0 Å². The molecule has 0 aromatic carbocycles. The Morgan fingerprint density at radius 3 is 2.00 bits per heavy atom. The van der Waals surface area contributed by atoms with E-state index in [0.717, 1.165) is 19.3 Å². The second-order valence-corrected chi connectivity index (χ2v) is 6.23. The van der Waals surface area contributed by atoms with Crippen LogP contribution in [0.25, 0.3) is 0 Å². The van der Waals surface area contributed by atoms with Gasteiger partial charge in [-0.25, -0.2) is 0 Å². The van der Waals surface area contributed by atoms with Crippen LogP contribution in [-0.2, 0) is 4.74 Å². The average Bonchev–Trinajstić information content (AvgIpc) is 2.53. The molecule has 1 aliphatic carbocycles. The zero-order chi connectivity index (χ0) is 12.9. The van der Waals surface area contributed by atoms with Gasteiger partial charge in [0.25, 0.3) is 0 Å². The van der Waals surface area contributed by atoms with Gasteiger partial charge < -0.3 is 9.84 Å². The van der Waals surface area contributed by atoms with Crippen molar-refractivity contribution in [3.63, 3.8) is 0 Å². The van der Waals surface area contributed by atoms with Gasteiger partial charge in [0, 0.05) is 7.11 Å². The number of aliphatic hydroxyl groups excluding tert-OH is 1. The summed E-state index contributed by atoms with van der Waals surface area (Å²) in [5.74, 6) is 0.965. The Bertz CT molecular complexity index is 205. The summed E-state index contributed by atoms with van der Waals surface area (Å²) in [6.07, 6.45) is 7.77. The van der Waals surface area contributed by atoms with E-state index in [0.29, 0.717) is 11.8 Å². The first-order valence-electron chi connectivity index (χ1n) is 7.25. The van der Waals surface area contributed by atoms with E-state index in [9.17, 15) is 5.11 Å². The highest BCUT2D eigenvalue weighted by Gasteiger charge is 2.40. The second kappa shape index (κ2) is 6.75. The highest BCUT2D eigenvalue weighted by atomic mass is 16.5. The summed E-state index contributed by atoms with van der Waals surface area (Å²) in [5, 5.41) is 10.6. The SMILES string of the molecule is COC1(C(O)C(C)CC(C)C)CCCCCC1. The van der Waals surface area contributed by atoms with Crippen LogP contribution >= 0.6 is 0 Å². The van der Waals surface area contributed by atoms with E-state index < -0.39 is 0 Å². The molecule has 2 unspecified atom stereocenters. The van der Waals surface area contributed by atoms with Crippen molar-refractivity contribution in [3.8, 4) is 0 Å². The van der Waals surface area contributed by atoms with Crippen LogP contribution in [-0.4, -0.2) is 23.9 Å². The lowest BCUT2D eigenvalue weighted by Crippen LogP contribution is -2.47. The predicted molar refractivity (Wildman–Crippen MR) is 72.1 cm³/mol. The topological polar surface area (TPSA) is 29.5 Å². The first kappa shape index (κ1) is 15.0. The minimum absolute atomic E-state index is 0.273. The molecule has 0 aliphatic heterocycles. The van der Waals surface area contributed by atoms with Crippen LogP contribution in [0.3, 0.4) is 0 Å². The first-order chi connectivity index (χ1) is 8.02. The zero-order valence-corrected chi connectivity index (χ0v) is 12.0. The van der Waals surface area contributed by atoms with E-state index in [1.54, 1.807) is 7.11 Å². The van der Waals surface area contributed by atoms with Crippen molar-refractivity contribution < 1.29 is 9.84 Å². The minimum Gasteiger partial charge on any atom is -0.390 e. The number of hydrogen-bond donors (Lipinski definition) is 1. The summed E-state index contributed by atoms with van der Waals surface area (Å²) in [6, 6.07) is 0. The summed E-state index contributed by atoms with van der Waals surface area (Å²) >= 11 is 0.